The van der Waals surface area contributed by atoms with E-state index in [2.05, 4.69) is 38.5 Å². The average Bonchev–Trinajstić information content (AvgIpc) is 2.43. The number of carbonyl (C=O) groups is 1. The number of anilines is 1. The first-order chi connectivity index (χ1) is 9.07. The van der Waals surface area contributed by atoms with Crippen molar-refractivity contribution in [1.82, 2.24) is 10.3 Å². The van der Waals surface area contributed by atoms with E-state index >= 15 is 0 Å². The van der Waals surface area contributed by atoms with Crippen molar-refractivity contribution in [2.45, 2.75) is 33.1 Å². The second-order valence-corrected chi connectivity index (χ2v) is 5.92. The SMILES string of the molecule is CCC1(C(=O)Nc2cnc(Br)c(C)c2)CCNCC1. The molecular formula is C14H20BrN3O. The van der Waals surface area contributed by atoms with Gasteiger partial charge in [0.05, 0.1) is 17.3 Å². The van der Waals surface area contributed by atoms with E-state index in [1.165, 1.54) is 0 Å². The predicted octanol–water partition coefficient (Wildman–Crippen LogP) is 2.87. The molecule has 0 spiro atoms. The van der Waals surface area contributed by atoms with E-state index in [4.69, 9.17) is 0 Å². The molecule has 2 rings (SSSR count). The van der Waals surface area contributed by atoms with Crippen LogP contribution in [-0.4, -0.2) is 24.0 Å². The predicted molar refractivity (Wildman–Crippen MR) is 80.1 cm³/mol. The monoisotopic (exact) mass is 325 g/mol. The lowest BCUT2D eigenvalue weighted by atomic mass is 9.76. The minimum Gasteiger partial charge on any atom is -0.324 e. The fourth-order valence-electron chi connectivity index (χ4n) is 2.54. The van der Waals surface area contributed by atoms with Gasteiger partial charge in [-0.3, -0.25) is 4.79 Å². The Balaban J connectivity index is 2.12. The van der Waals surface area contributed by atoms with Gasteiger partial charge in [0.25, 0.3) is 0 Å². The summed E-state index contributed by atoms with van der Waals surface area (Å²) in [6.07, 6.45) is 4.37. The third-order valence-electron chi connectivity index (χ3n) is 3.99. The molecule has 0 unspecified atom stereocenters. The number of hydrogen-bond donors (Lipinski definition) is 2. The number of piperidine rings is 1. The molecule has 2 N–H and O–H groups in total. The fourth-order valence-corrected chi connectivity index (χ4v) is 2.75. The second kappa shape index (κ2) is 6.01. The van der Waals surface area contributed by atoms with Gasteiger partial charge < -0.3 is 10.6 Å². The Labute approximate surface area is 122 Å². The number of hydrogen-bond acceptors (Lipinski definition) is 3. The molecule has 104 valence electrons. The standard InChI is InChI=1S/C14H20BrN3O/c1-3-14(4-6-16-7-5-14)13(19)18-11-8-10(2)12(15)17-9-11/h8-9,16H,3-7H2,1-2H3,(H,18,19). The Hall–Kier alpha value is -0.940. The first kappa shape index (κ1) is 14.5. The van der Waals surface area contributed by atoms with Crippen LogP contribution in [0.4, 0.5) is 5.69 Å². The molecule has 0 radical (unpaired) electrons. The molecule has 1 aliphatic rings. The van der Waals surface area contributed by atoms with E-state index in [0.29, 0.717) is 0 Å². The van der Waals surface area contributed by atoms with Gasteiger partial charge in [-0.15, -0.1) is 0 Å². The smallest absolute Gasteiger partial charge is 0.230 e. The molecule has 1 amide bonds. The zero-order valence-corrected chi connectivity index (χ0v) is 13.0. The molecule has 1 saturated heterocycles. The lowest BCUT2D eigenvalue weighted by Gasteiger charge is -2.35. The van der Waals surface area contributed by atoms with Crippen molar-refractivity contribution in [3.05, 3.63) is 22.4 Å². The lowest BCUT2D eigenvalue weighted by Crippen LogP contribution is -2.44. The number of aryl methyl sites for hydroxylation is 1. The van der Waals surface area contributed by atoms with Crippen LogP contribution in [0.25, 0.3) is 0 Å². The van der Waals surface area contributed by atoms with Crippen LogP contribution in [0.2, 0.25) is 0 Å². The van der Waals surface area contributed by atoms with E-state index in [0.717, 1.165) is 48.2 Å². The molecule has 0 aromatic carbocycles. The van der Waals surface area contributed by atoms with Crippen LogP contribution in [0.3, 0.4) is 0 Å². The summed E-state index contributed by atoms with van der Waals surface area (Å²) in [5.74, 6) is 0.125. The molecule has 19 heavy (non-hydrogen) atoms. The minimum absolute atomic E-state index is 0.125. The average molecular weight is 326 g/mol. The summed E-state index contributed by atoms with van der Waals surface area (Å²) in [5, 5.41) is 6.33. The normalized spacial score (nSPS) is 18.1. The van der Waals surface area contributed by atoms with Gasteiger partial charge in [-0.25, -0.2) is 4.98 Å². The van der Waals surface area contributed by atoms with E-state index in [-0.39, 0.29) is 11.3 Å². The summed E-state index contributed by atoms with van der Waals surface area (Å²) in [4.78, 5) is 16.8. The summed E-state index contributed by atoms with van der Waals surface area (Å²) >= 11 is 3.36. The van der Waals surface area contributed by atoms with Crippen molar-refractivity contribution in [1.29, 1.82) is 0 Å². The van der Waals surface area contributed by atoms with Crippen LogP contribution in [0, 0.1) is 12.3 Å². The topological polar surface area (TPSA) is 54.0 Å². The van der Waals surface area contributed by atoms with Crippen molar-refractivity contribution in [2.24, 2.45) is 5.41 Å². The van der Waals surface area contributed by atoms with Crippen molar-refractivity contribution >= 4 is 27.5 Å². The van der Waals surface area contributed by atoms with Gasteiger partial charge in [-0.2, -0.15) is 0 Å². The van der Waals surface area contributed by atoms with Gasteiger partial charge >= 0.3 is 0 Å². The number of pyridine rings is 1. The maximum atomic E-state index is 12.5. The number of rotatable bonds is 3. The maximum absolute atomic E-state index is 12.5. The van der Waals surface area contributed by atoms with E-state index in [1.807, 2.05) is 13.0 Å². The van der Waals surface area contributed by atoms with Crippen molar-refractivity contribution in [2.75, 3.05) is 18.4 Å². The number of halogens is 1. The fraction of sp³-hybridized carbons (Fsp3) is 0.571. The molecular weight excluding hydrogens is 306 g/mol. The summed E-state index contributed by atoms with van der Waals surface area (Å²) in [6.45, 7) is 5.89. The minimum atomic E-state index is -0.230. The number of nitrogens with one attached hydrogen (secondary N) is 2. The number of carbonyl (C=O) groups excluding carboxylic acids is 1. The molecule has 0 bridgehead atoms. The Morgan fingerprint density at radius 3 is 2.79 bits per heavy atom. The van der Waals surface area contributed by atoms with Crippen LogP contribution in [-0.2, 0) is 4.79 Å². The molecule has 1 aromatic rings. The van der Waals surface area contributed by atoms with Crippen molar-refractivity contribution in [3.8, 4) is 0 Å². The molecule has 4 nitrogen and oxygen atoms in total. The van der Waals surface area contributed by atoms with Crippen molar-refractivity contribution < 1.29 is 4.79 Å². The Bertz CT molecular complexity index is 470. The Kier molecular flexibility index (Phi) is 4.58. The lowest BCUT2D eigenvalue weighted by molar-refractivity contribution is -0.127. The van der Waals surface area contributed by atoms with Gasteiger partial charge in [0, 0.05) is 0 Å². The molecule has 1 aliphatic heterocycles. The third-order valence-corrected chi connectivity index (χ3v) is 4.82. The maximum Gasteiger partial charge on any atom is 0.230 e. The molecule has 2 heterocycles. The zero-order valence-electron chi connectivity index (χ0n) is 11.4. The van der Waals surface area contributed by atoms with E-state index in [9.17, 15) is 4.79 Å². The second-order valence-electron chi connectivity index (χ2n) is 5.17. The highest BCUT2D eigenvalue weighted by atomic mass is 79.9. The summed E-state index contributed by atoms with van der Waals surface area (Å²) in [7, 11) is 0. The van der Waals surface area contributed by atoms with Crippen LogP contribution in [0.5, 0.6) is 0 Å². The number of aromatic nitrogens is 1. The first-order valence-corrected chi connectivity index (χ1v) is 7.51. The molecule has 1 fully saturated rings. The van der Waals surface area contributed by atoms with Crippen LogP contribution < -0.4 is 10.6 Å². The van der Waals surface area contributed by atoms with Gasteiger partial charge in [0.2, 0.25) is 5.91 Å². The first-order valence-electron chi connectivity index (χ1n) is 6.72. The van der Waals surface area contributed by atoms with Gasteiger partial charge in [0.1, 0.15) is 4.60 Å². The van der Waals surface area contributed by atoms with Gasteiger partial charge in [-0.1, -0.05) is 6.92 Å². The van der Waals surface area contributed by atoms with Crippen LogP contribution in [0.15, 0.2) is 16.9 Å². The van der Waals surface area contributed by atoms with Crippen LogP contribution in [0.1, 0.15) is 31.7 Å². The summed E-state index contributed by atoms with van der Waals surface area (Å²) in [5.41, 5.74) is 1.57. The Morgan fingerprint density at radius 1 is 1.53 bits per heavy atom. The third kappa shape index (κ3) is 3.15. The van der Waals surface area contributed by atoms with Crippen molar-refractivity contribution in [3.63, 3.8) is 0 Å². The highest BCUT2D eigenvalue weighted by Crippen LogP contribution is 2.34. The molecule has 0 atom stereocenters. The molecule has 0 saturated carbocycles. The largest absolute Gasteiger partial charge is 0.324 e. The molecule has 0 aliphatic carbocycles. The Morgan fingerprint density at radius 2 is 2.21 bits per heavy atom. The quantitative estimate of drug-likeness (QED) is 0.840. The van der Waals surface area contributed by atoms with E-state index in [1.54, 1.807) is 6.20 Å². The van der Waals surface area contributed by atoms with E-state index < -0.39 is 0 Å². The number of nitrogens with zero attached hydrogens (tertiary/aromatic N) is 1. The molecule has 1 aromatic heterocycles. The highest BCUT2D eigenvalue weighted by molar-refractivity contribution is 9.10. The summed E-state index contributed by atoms with van der Waals surface area (Å²) < 4.78 is 0.817. The highest BCUT2D eigenvalue weighted by Gasteiger charge is 2.37. The van der Waals surface area contributed by atoms with Gasteiger partial charge in [-0.05, 0) is 66.8 Å². The molecule has 5 heteroatoms. The van der Waals surface area contributed by atoms with Crippen LogP contribution >= 0.6 is 15.9 Å². The number of amides is 1. The summed E-state index contributed by atoms with van der Waals surface area (Å²) in [6, 6.07) is 1.94. The zero-order chi connectivity index (χ0) is 13.9. The van der Waals surface area contributed by atoms with Gasteiger partial charge in [0.15, 0.2) is 0 Å².